The van der Waals surface area contributed by atoms with Crippen LogP contribution in [-0.2, 0) is 0 Å². The summed E-state index contributed by atoms with van der Waals surface area (Å²) in [5, 5.41) is 0. The lowest BCUT2D eigenvalue weighted by Gasteiger charge is -2.48. The molecule has 0 aromatic carbocycles. The van der Waals surface area contributed by atoms with E-state index in [-0.39, 0.29) is 0 Å². The summed E-state index contributed by atoms with van der Waals surface area (Å²) in [6.07, 6.45) is 8.05. The third kappa shape index (κ3) is 2.73. The van der Waals surface area contributed by atoms with Gasteiger partial charge in [0.1, 0.15) is 0 Å². The smallest absolute Gasteiger partial charge is 0.0113 e. The quantitative estimate of drug-likeness (QED) is 0.775. The van der Waals surface area contributed by atoms with Crippen molar-refractivity contribution in [2.45, 2.75) is 70.5 Å². The molecule has 0 saturated carbocycles. The largest absolute Gasteiger partial charge is 0.328 e. The Morgan fingerprint density at radius 3 is 2.33 bits per heavy atom. The van der Waals surface area contributed by atoms with E-state index in [4.69, 9.17) is 5.73 Å². The van der Waals surface area contributed by atoms with Gasteiger partial charge in [-0.3, -0.25) is 4.90 Å². The first kappa shape index (κ1) is 11.4. The van der Waals surface area contributed by atoms with Crippen molar-refractivity contribution in [3.63, 3.8) is 0 Å². The van der Waals surface area contributed by atoms with Crippen LogP contribution in [0.25, 0.3) is 0 Å². The molecule has 2 nitrogen and oxygen atoms in total. The van der Waals surface area contributed by atoms with Crippen molar-refractivity contribution in [1.82, 2.24) is 4.90 Å². The molecule has 2 saturated heterocycles. The van der Waals surface area contributed by atoms with E-state index in [0.717, 1.165) is 18.0 Å². The molecular formula is C13H26N2. The summed E-state index contributed by atoms with van der Waals surface area (Å²) >= 11 is 0. The van der Waals surface area contributed by atoms with Crippen molar-refractivity contribution in [1.29, 1.82) is 0 Å². The molecule has 0 spiro atoms. The Morgan fingerprint density at radius 1 is 1.20 bits per heavy atom. The number of fused-ring (bicyclic) bond motifs is 2. The SMILES string of the molecule is CC(C)CCN1C2CCCC1CC(N)C2. The maximum atomic E-state index is 6.12. The predicted octanol–water partition coefficient (Wildman–Crippen LogP) is 2.38. The van der Waals surface area contributed by atoms with Crippen molar-refractivity contribution in [3.8, 4) is 0 Å². The second kappa shape index (κ2) is 4.84. The van der Waals surface area contributed by atoms with Gasteiger partial charge in [-0.05, 0) is 44.6 Å². The zero-order chi connectivity index (χ0) is 10.8. The van der Waals surface area contributed by atoms with Gasteiger partial charge >= 0.3 is 0 Å². The molecule has 88 valence electrons. The summed E-state index contributed by atoms with van der Waals surface area (Å²) in [6, 6.07) is 2.10. The van der Waals surface area contributed by atoms with Crippen LogP contribution in [0, 0.1) is 5.92 Å². The van der Waals surface area contributed by atoms with E-state index in [1.807, 2.05) is 0 Å². The van der Waals surface area contributed by atoms with Crippen LogP contribution in [0.3, 0.4) is 0 Å². The number of hydrogen-bond acceptors (Lipinski definition) is 2. The highest BCUT2D eigenvalue weighted by Crippen LogP contribution is 2.33. The monoisotopic (exact) mass is 210 g/mol. The highest BCUT2D eigenvalue weighted by atomic mass is 15.2. The van der Waals surface area contributed by atoms with E-state index in [1.54, 1.807) is 0 Å². The van der Waals surface area contributed by atoms with Gasteiger partial charge in [-0.25, -0.2) is 0 Å². The molecule has 2 heteroatoms. The Bertz CT molecular complexity index is 189. The van der Waals surface area contributed by atoms with Gasteiger partial charge in [0.05, 0.1) is 0 Å². The van der Waals surface area contributed by atoms with Gasteiger partial charge in [0.25, 0.3) is 0 Å². The van der Waals surface area contributed by atoms with E-state index in [2.05, 4.69) is 18.7 Å². The van der Waals surface area contributed by atoms with E-state index in [1.165, 1.54) is 45.1 Å². The van der Waals surface area contributed by atoms with Crippen molar-refractivity contribution >= 4 is 0 Å². The fourth-order valence-electron chi connectivity index (χ4n) is 3.29. The Hall–Kier alpha value is -0.0800. The Kier molecular flexibility index (Phi) is 3.68. The van der Waals surface area contributed by atoms with Gasteiger partial charge in [-0.1, -0.05) is 20.3 Å². The highest BCUT2D eigenvalue weighted by Gasteiger charge is 2.36. The Morgan fingerprint density at radius 2 is 1.80 bits per heavy atom. The number of nitrogens with zero attached hydrogens (tertiary/aromatic N) is 1. The maximum Gasteiger partial charge on any atom is 0.0113 e. The lowest BCUT2D eigenvalue weighted by molar-refractivity contribution is 0.0281. The van der Waals surface area contributed by atoms with Gasteiger partial charge in [0.15, 0.2) is 0 Å². The zero-order valence-corrected chi connectivity index (χ0v) is 10.3. The highest BCUT2D eigenvalue weighted by molar-refractivity contribution is 4.93. The van der Waals surface area contributed by atoms with E-state index in [0.29, 0.717) is 6.04 Å². The molecule has 15 heavy (non-hydrogen) atoms. The number of rotatable bonds is 3. The van der Waals surface area contributed by atoms with Gasteiger partial charge in [-0.15, -0.1) is 0 Å². The minimum atomic E-state index is 0.482. The topological polar surface area (TPSA) is 29.3 Å². The van der Waals surface area contributed by atoms with Crippen LogP contribution >= 0.6 is 0 Å². The lowest BCUT2D eigenvalue weighted by atomic mass is 9.82. The molecule has 2 rings (SSSR count). The normalized spacial score (nSPS) is 37.2. The van der Waals surface area contributed by atoms with Crippen molar-refractivity contribution < 1.29 is 0 Å². The summed E-state index contributed by atoms with van der Waals surface area (Å²) in [6.45, 7) is 5.96. The molecule has 2 fully saturated rings. The standard InChI is InChI=1S/C13H26N2/c1-10(2)6-7-15-12-4-3-5-13(15)9-11(14)8-12/h10-13H,3-9,14H2,1-2H3. The second-order valence-electron chi connectivity index (χ2n) is 5.89. The summed E-state index contributed by atoms with van der Waals surface area (Å²) in [5.74, 6) is 0.835. The molecule has 0 aromatic heterocycles. The summed E-state index contributed by atoms with van der Waals surface area (Å²) in [5.41, 5.74) is 6.12. The molecule has 0 radical (unpaired) electrons. The maximum absolute atomic E-state index is 6.12. The van der Waals surface area contributed by atoms with Crippen LogP contribution < -0.4 is 5.73 Å². The van der Waals surface area contributed by atoms with Crippen LogP contribution in [0.5, 0.6) is 0 Å². The molecule has 2 heterocycles. The van der Waals surface area contributed by atoms with E-state index in [9.17, 15) is 0 Å². The third-order valence-corrected chi connectivity index (χ3v) is 4.13. The van der Waals surface area contributed by atoms with Crippen molar-refractivity contribution in [2.75, 3.05) is 6.54 Å². The summed E-state index contributed by atoms with van der Waals surface area (Å²) < 4.78 is 0. The minimum Gasteiger partial charge on any atom is -0.328 e. The van der Waals surface area contributed by atoms with Crippen LogP contribution in [0.4, 0.5) is 0 Å². The molecular weight excluding hydrogens is 184 g/mol. The first-order valence-corrected chi connectivity index (χ1v) is 6.68. The number of piperidine rings is 2. The van der Waals surface area contributed by atoms with Crippen LogP contribution in [0.2, 0.25) is 0 Å². The fourth-order valence-corrected chi connectivity index (χ4v) is 3.29. The molecule has 0 aliphatic carbocycles. The molecule has 0 amide bonds. The molecule has 2 N–H and O–H groups in total. The lowest BCUT2D eigenvalue weighted by Crippen LogP contribution is -2.55. The van der Waals surface area contributed by atoms with Gasteiger partial charge in [0, 0.05) is 18.1 Å². The van der Waals surface area contributed by atoms with Gasteiger partial charge in [0.2, 0.25) is 0 Å². The predicted molar refractivity (Wildman–Crippen MR) is 64.8 cm³/mol. The van der Waals surface area contributed by atoms with E-state index < -0.39 is 0 Å². The zero-order valence-electron chi connectivity index (χ0n) is 10.3. The molecule has 2 unspecified atom stereocenters. The first-order chi connectivity index (χ1) is 7.16. The first-order valence-electron chi connectivity index (χ1n) is 6.68. The van der Waals surface area contributed by atoms with Crippen molar-refractivity contribution in [2.24, 2.45) is 11.7 Å². The Labute approximate surface area is 94.2 Å². The minimum absolute atomic E-state index is 0.482. The van der Waals surface area contributed by atoms with Crippen LogP contribution in [0.1, 0.15) is 52.4 Å². The molecule has 0 aromatic rings. The summed E-state index contributed by atoms with van der Waals surface area (Å²) in [7, 11) is 0. The molecule has 2 bridgehead atoms. The van der Waals surface area contributed by atoms with Crippen molar-refractivity contribution in [3.05, 3.63) is 0 Å². The third-order valence-electron chi connectivity index (χ3n) is 4.13. The molecule has 2 atom stereocenters. The fraction of sp³-hybridized carbons (Fsp3) is 1.00. The average Bonchev–Trinajstić information content (AvgIpc) is 2.14. The molecule has 2 aliphatic heterocycles. The van der Waals surface area contributed by atoms with Crippen LogP contribution in [0.15, 0.2) is 0 Å². The number of nitrogens with two attached hydrogens (primary N) is 1. The van der Waals surface area contributed by atoms with Gasteiger partial charge < -0.3 is 5.73 Å². The van der Waals surface area contributed by atoms with Crippen LogP contribution in [-0.4, -0.2) is 29.6 Å². The van der Waals surface area contributed by atoms with Gasteiger partial charge in [-0.2, -0.15) is 0 Å². The molecule has 2 aliphatic rings. The Balaban J connectivity index is 1.92. The summed E-state index contributed by atoms with van der Waals surface area (Å²) in [4.78, 5) is 2.77. The average molecular weight is 210 g/mol. The van der Waals surface area contributed by atoms with E-state index >= 15 is 0 Å². The number of hydrogen-bond donors (Lipinski definition) is 1. The second-order valence-corrected chi connectivity index (χ2v) is 5.89.